The fourth-order valence-corrected chi connectivity index (χ4v) is 2.00. The molecular formula is C13H15N3S. The van der Waals surface area contributed by atoms with Crippen molar-refractivity contribution in [3.63, 3.8) is 0 Å². The molecule has 0 spiro atoms. The maximum atomic E-state index is 5.27. The molecule has 0 radical (unpaired) electrons. The summed E-state index contributed by atoms with van der Waals surface area (Å²) in [6.07, 6.45) is 5.29. The lowest BCUT2D eigenvalue weighted by atomic mass is 10.1. The van der Waals surface area contributed by atoms with Crippen molar-refractivity contribution in [2.24, 2.45) is 0 Å². The molecule has 0 atom stereocenters. The second-order valence-corrected chi connectivity index (χ2v) is 4.36. The largest absolute Gasteiger partial charge is 0.347 e. The topological polar surface area (TPSA) is 41.6 Å². The Hall–Kier alpha value is -1.55. The Balaban J connectivity index is 2.34. The number of pyridine rings is 1. The highest BCUT2D eigenvalue weighted by Crippen LogP contribution is 2.10. The van der Waals surface area contributed by atoms with E-state index in [9.17, 15) is 0 Å². The number of nitrogens with zero attached hydrogens (tertiary/aromatic N) is 2. The number of aromatic nitrogens is 3. The average molecular weight is 245 g/mol. The molecule has 0 aliphatic carbocycles. The van der Waals surface area contributed by atoms with Crippen molar-refractivity contribution in [2.75, 3.05) is 0 Å². The number of hydrogen-bond donors (Lipinski definition) is 1. The van der Waals surface area contributed by atoms with Gasteiger partial charge in [-0.25, -0.2) is 4.98 Å². The molecule has 3 nitrogen and oxygen atoms in total. The van der Waals surface area contributed by atoms with Gasteiger partial charge in [0, 0.05) is 30.1 Å². The second-order valence-electron chi connectivity index (χ2n) is 3.98. The molecule has 0 saturated carbocycles. The Morgan fingerprint density at radius 3 is 2.65 bits per heavy atom. The quantitative estimate of drug-likeness (QED) is 0.845. The summed E-state index contributed by atoms with van der Waals surface area (Å²) >= 11 is 5.27. The number of aromatic amines is 1. The van der Waals surface area contributed by atoms with E-state index in [1.807, 2.05) is 19.1 Å². The van der Waals surface area contributed by atoms with Gasteiger partial charge in [-0.05, 0) is 31.0 Å². The first-order chi connectivity index (χ1) is 8.20. The minimum atomic E-state index is 0.699. The van der Waals surface area contributed by atoms with E-state index in [4.69, 9.17) is 12.2 Å². The minimum Gasteiger partial charge on any atom is -0.347 e. The van der Waals surface area contributed by atoms with Gasteiger partial charge in [0.25, 0.3) is 0 Å². The van der Waals surface area contributed by atoms with Crippen LogP contribution in [-0.4, -0.2) is 15.0 Å². The van der Waals surface area contributed by atoms with Crippen LogP contribution in [0, 0.1) is 11.6 Å². The first-order valence-electron chi connectivity index (χ1n) is 5.68. The first-order valence-corrected chi connectivity index (χ1v) is 6.09. The van der Waals surface area contributed by atoms with Crippen LogP contribution in [0.4, 0.5) is 0 Å². The van der Waals surface area contributed by atoms with E-state index in [2.05, 4.69) is 21.9 Å². The maximum absolute atomic E-state index is 5.27. The van der Waals surface area contributed by atoms with E-state index in [1.165, 1.54) is 11.3 Å². The third-order valence-corrected chi connectivity index (χ3v) is 3.18. The summed E-state index contributed by atoms with van der Waals surface area (Å²) in [6, 6.07) is 3.98. The van der Waals surface area contributed by atoms with E-state index >= 15 is 0 Å². The lowest BCUT2D eigenvalue weighted by molar-refractivity contribution is 0.880. The minimum absolute atomic E-state index is 0.699. The Morgan fingerprint density at radius 2 is 2.00 bits per heavy atom. The number of rotatable bonds is 3. The first kappa shape index (κ1) is 11.9. The maximum Gasteiger partial charge on any atom is 0.132 e. The zero-order chi connectivity index (χ0) is 12.3. The van der Waals surface area contributed by atoms with Crippen LogP contribution in [0.15, 0.2) is 24.5 Å². The van der Waals surface area contributed by atoms with Gasteiger partial charge < -0.3 is 4.98 Å². The molecule has 2 aromatic heterocycles. The average Bonchev–Trinajstić information content (AvgIpc) is 2.35. The molecule has 0 amide bonds. The van der Waals surface area contributed by atoms with Crippen LogP contribution in [0.25, 0.3) is 0 Å². The van der Waals surface area contributed by atoms with Gasteiger partial charge >= 0.3 is 0 Å². The molecule has 17 heavy (non-hydrogen) atoms. The van der Waals surface area contributed by atoms with Crippen molar-refractivity contribution in [1.29, 1.82) is 0 Å². The molecule has 0 fully saturated rings. The van der Waals surface area contributed by atoms with E-state index in [1.54, 1.807) is 12.4 Å². The van der Waals surface area contributed by atoms with Crippen LogP contribution in [0.1, 0.15) is 29.6 Å². The van der Waals surface area contributed by atoms with Gasteiger partial charge in [0.1, 0.15) is 10.5 Å². The van der Waals surface area contributed by atoms with Gasteiger partial charge in [0.15, 0.2) is 0 Å². The Morgan fingerprint density at radius 1 is 1.29 bits per heavy atom. The SMILES string of the molecule is CCc1[nH]c(Cc2ccncc2)nc(=S)c1C. The normalized spacial score (nSPS) is 10.5. The van der Waals surface area contributed by atoms with Crippen LogP contribution in [0.2, 0.25) is 0 Å². The zero-order valence-corrected chi connectivity index (χ0v) is 10.8. The summed E-state index contributed by atoms with van der Waals surface area (Å²) in [5.74, 6) is 0.920. The van der Waals surface area contributed by atoms with Gasteiger partial charge in [-0.2, -0.15) is 0 Å². The van der Waals surface area contributed by atoms with E-state index in [-0.39, 0.29) is 0 Å². The van der Waals surface area contributed by atoms with Crippen molar-refractivity contribution < 1.29 is 0 Å². The highest BCUT2D eigenvalue weighted by Gasteiger charge is 2.04. The van der Waals surface area contributed by atoms with Gasteiger partial charge in [0.2, 0.25) is 0 Å². The monoisotopic (exact) mass is 245 g/mol. The molecule has 2 rings (SSSR count). The molecule has 4 heteroatoms. The van der Waals surface area contributed by atoms with Gasteiger partial charge in [-0.1, -0.05) is 19.1 Å². The molecule has 0 unspecified atom stereocenters. The summed E-state index contributed by atoms with van der Waals surface area (Å²) in [7, 11) is 0. The van der Waals surface area contributed by atoms with Crippen LogP contribution in [-0.2, 0) is 12.8 Å². The smallest absolute Gasteiger partial charge is 0.132 e. The molecule has 2 aromatic rings. The number of H-pyrrole nitrogens is 1. The van der Waals surface area contributed by atoms with E-state index in [0.29, 0.717) is 4.64 Å². The summed E-state index contributed by atoms with van der Waals surface area (Å²) in [4.78, 5) is 11.8. The molecule has 0 aliphatic heterocycles. The predicted octanol–water partition coefficient (Wildman–Crippen LogP) is 3.00. The molecule has 0 aromatic carbocycles. The Bertz CT molecular complexity index is 561. The van der Waals surface area contributed by atoms with Crippen LogP contribution < -0.4 is 0 Å². The molecule has 0 bridgehead atoms. The van der Waals surface area contributed by atoms with Gasteiger partial charge in [0.05, 0.1) is 0 Å². The summed E-state index contributed by atoms with van der Waals surface area (Å²) < 4.78 is 0.699. The highest BCUT2D eigenvalue weighted by molar-refractivity contribution is 7.71. The van der Waals surface area contributed by atoms with Crippen molar-refractivity contribution in [2.45, 2.75) is 26.7 Å². The molecule has 0 saturated heterocycles. The third kappa shape index (κ3) is 2.77. The summed E-state index contributed by atoms with van der Waals surface area (Å²) in [5.41, 5.74) is 3.44. The van der Waals surface area contributed by atoms with Crippen molar-refractivity contribution >= 4 is 12.2 Å². The van der Waals surface area contributed by atoms with Gasteiger partial charge in [-0.3, -0.25) is 4.98 Å². The van der Waals surface area contributed by atoms with Crippen LogP contribution in [0.5, 0.6) is 0 Å². The summed E-state index contributed by atoms with van der Waals surface area (Å²) in [6.45, 7) is 4.13. The standard InChI is InChI=1S/C13H15N3S/c1-3-11-9(2)13(17)16-12(15-11)8-10-4-6-14-7-5-10/h4-7H,3,8H2,1-2H3,(H,15,16,17). The van der Waals surface area contributed by atoms with Crippen molar-refractivity contribution in [1.82, 2.24) is 15.0 Å². The highest BCUT2D eigenvalue weighted by atomic mass is 32.1. The van der Waals surface area contributed by atoms with Gasteiger partial charge in [-0.15, -0.1) is 0 Å². The van der Waals surface area contributed by atoms with E-state index in [0.717, 1.165) is 24.2 Å². The van der Waals surface area contributed by atoms with Crippen LogP contribution in [0.3, 0.4) is 0 Å². The molecule has 2 heterocycles. The van der Waals surface area contributed by atoms with Crippen molar-refractivity contribution in [3.8, 4) is 0 Å². The zero-order valence-electron chi connectivity index (χ0n) is 10.0. The fourth-order valence-electron chi connectivity index (χ4n) is 1.76. The Kier molecular flexibility index (Phi) is 3.64. The number of hydrogen-bond acceptors (Lipinski definition) is 3. The van der Waals surface area contributed by atoms with Crippen LogP contribution >= 0.6 is 12.2 Å². The third-order valence-electron chi connectivity index (χ3n) is 2.78. The lowest BCUT2D eigenvalue weighted by Crippen LogP contribution is -2.03. The molecular weight excluding hydrogens is 230 g/mol. The molecule has 88 valence electrons. The number of aryl methyl sites for hydroxylation is 1. The second kappa shape index (κ2) is 5.19. The number of nitrogens with one attached hydrogen (secondary N) is 1. The lowest BCUT2D eigenvalue weighted by Gasteiger charge is -2.07. The summed E-state index contributed by atoms with van der Waals surface area (Å²) in [5, 5.41) is 0. The predicted molar refractivity (Wildman–Crippen MR) is 70.6 cm³/mol. The Labute approximate surface area is 106 Å². The fraction of sp³-hybridized carbons (Fsp3) is 0.308. The van der Waals surface area contributed by atoms with E-state index < -0.39 is 0 Å². The molecule has 0 aliphatic rings. The van der Waals surface area contributed by atoms with Crippen molar-refractivity contribution in [3.05, 3.63) is 51.8 Å². The molecule has 1 N–H and O–H groups in total.